The van der Waals surface area contributed by atoms with Crippen molar-refractivity contribution >= 4 is 38.3 Å². The van der Waals surface area contributed by atoms with Gasteiger partial charge >= 0.3 is 113 Å². The molecule has 0 saturated carbocycles. The molecule has 0 atom stereocenters. The van der Waals surface area contributed by atoms with E-state index in [1.165, 1.54) is 95.8 Å². The minimum Gasteiger partial charge on any atom is -0.344 e. The number of unbranched alkanes of at least 4 members (excludes halogenated alkanes) is 9. The second-order valence-electron chi connectivity index (χ2n) is 4.63. The zero-order valence-electron chi connectivity index (χ0n) is 13.0. The quantitative estimate of drug-likeness (QED) is 0.317. The first-order valence-electron chi connectivity index (χ1n) is 7.11. The molecule has 0 radical (unpaired) electrons. The van der Waals surface area contributed by atoms with E-state index in [1.807, 2.05) is 0 Å². The van der Waals surface area contributed by atoms with Gasteiger partial charge in [-0.25, -0.2) is 0 Å². The Morgan fingerprint density at radius 3 is 1.30 bits per heavy atom. The molecule has 0 aromatic carbocycles. The Morgan fingerprint density at radius 2 is 1.05 bits per heavy atom. The minimum atomic E-state index is -4.67. The topological polar surface area (TPSA) is 110 Å². The standard InChI is InChI=1S/C12H25.FH.H3N.Na.H2O4S/c1-3-5-7-9-11-12-10-8-6-4-2;;;;1-5(2,3)4/h1,3-12H2,2H3;1H;1H3;;(H2,1,2,3,4). The molecule has 5 N–H and O–H groups in total. The van der Waals surface area contributed by atoms with Crippen LogP contribution >= 0.6 is 0 Å². The maximum atomic E-state index is 8.74. The van der Waals surface area contributed by atoms with E-state index in [9.17, 15) is 0 Å². The molecule has 5 nitrogen and oxygen atoms in total. The van der Waals surface area contributed by atoms with Crippen LogP contribution in [0.15, 0.2) is 0 Å². The van der Waals surface area contributed by atoms with Crippen molar-refractivity contribution in [2.45, 2.75) is 74.8 Å². The third-order valence-electron chi connectivity index (χ3n) is 2.71. The Balaban J connectivity index is -0.000000158. The van der Waals surface area contributed by atoms with Gasteiger partial charge in [-0.1, -0.05) is 0 Å². The molecule has 20 heavy (non-hydrogen) atoms. The Morgan fingerprint density at radius 1 is 0.800 bits per heavy atom. The first-order valence-corrected chi connectivity index (χ1v) is 9.92. The van der Waals surface area contributed by atoms with E-state index >= 15 is 0 Å². The third kappa shape index (κ3) is 51.1. The molecule has 122 valence electrons. The largest absolute Gasteiger partial charge is 0.394 e. The first kappa shape index (κ1) is 28.9. The van der Waals surface area contributed by atoms with E-state index < -0.39 is 10.4 Å². The summed E-state index contributed by atoms with van der Waals surface area (Å²) in [5.74, 6) is 0. The van der Waals surface area contributed by atoms with Crippen molar-refractivity contribution in [1.29, 1.82) is 0 Å². The molecule has 0 unspecified atom stereocenters. The summed E-state index contributed by atoms with van der Waals surface area (Å²) in [5.41, 5.74) is 0. The number of halogens is 1. The molecular weight excluding hydrogens is 296 g/mol. The third-order valence-corrected chi connectivity index (χ3v) is 3.41. The monoisotopic (exact) mass is 327 g/mol. The average molecular weight is 327 g/mol. The van der Waals surface area contributed by atoms with Crippen molar-refractivity contribution in [3.8, 4) is 0 Å². The van der Waals surface area contributed by atoms with Crippen molar-refractivity contribution in [3.05, 3.63) is 0 Å². The molecule has 0 aliphatic rings. The number of rotatable bonds is 10. The van der Waals surface area contributed by atoms with Crippen LogP contribution in [0.2, 0.25) is 3.67 Å². The van der Waals surface area contributed by atoms with E-state index in [0.717, 1.165) is 0 Å². The molecule has 8 heteroatoms. The van der Waals surface area contributed by atoms with Gasteiger partial charge < -0.3 is 6.15 Å². The van der Waals surface area contributed by atoms with Crippen molar-refractivity contribution in [2.24, 2.45) is 0 Å². The van der Waals surface area contributed by atoms with Gasteiger partial charge in [-0.15, -0.1) is 0 Å². The van der Waals surface area contributed by atoms with Gasteiger partial charge in [-0.05, 0) is 0 Å². The summed E-state index contributed by atoms with van der Waals surface area (Å²) in [6, 6.07) is 0. The van der Waals surface area contributed by atoms with Crippen LogP contribution in [0.3, 0.4) is 0 Å². The zero-order chi connectivity index (χ0) is 14.3. The van der Waals surface area contributed by atoms with Crippen LogP contribution in [0.5, 0.6) is 0 Å². The van der Waals surface area contributed by atoms with Crippen molar-refractivity contribution in [1.82, 2.24) is 6.15 Å². The van der Waals surface area contributed by atoms with Crippen LogP contribution in [0.1, 0.15) is 71.1 Å². The van der Waals surface area contributed by atoms with Gasteiger partial charge in [0, 0.05) is 0 Å². The molecule has 0 rings (SSSR count). The van der Waals surface area contributed by atoms with Gasteiger partial charge in [-0.2, -0.15) is 8.42 Å². The SMILES string of the molecule is CCCCCCCCCCC[CH2][Na].F.N.O=S(=O)(O)O. The van der Waals surface area contributed by atoms with Crippen LogP contribution in [0, 0.1) is 0 Å². The summed E-state index contributed by atoms with van der Waals surface area (Å²) >= 11 is 1.41. The van der Waals surface area contributed by atoms with Gasteiger partial charge in [0.1, 0.15) is 0 Å². The maximum Gasteiger partial charge on any atom is 0.394 e. The van der Waals surface area contributed by atoms with Gasteiger partial charge in [0.05, 0.1) is 0 Å². The summed E-state index contributed by atoms with van der Waals surface area (Å²) < 4.78 is 33.1. The normalized spacial score (nSPS) is 9.85. The molecule has 0 heterocycles. The molecule has 0 fully saturated rings. The van der Waals surface area contributed by atoms with Gasteiger partial charge in [0.15, 0.2) is 0 Å². The summed E-state index contributed by atoms with van der Waals surface area (Å²) in [4.78, 5) is 0. The fourth-order valence-corrected chi connectivity index (χ4v) is 2.24. The van der Waals surface area contributed by atoms with Gasteiger partial charge in [0.2, 0.25) is 0 Å². The van der Waals surface area contributed by atoms with Crippen molar-refractivity contribution < 1.29 is 22.2 Å². The zero-order valence-corrected chi connectivity index (χ0v) is 15.8. The van der Waals surface area contributed by atoms with Crippen LogP contribution in [-0.4, -0.2) is 45.5 Å². The molecular formula is C12H31FNNaO4S. The average Bonchev–Trinajstić information content (AvgIpc) is 2.25. The van der Waals surface area contributed by atoms with Crippen molar-refractivity contribution in [3.63, 3.8) is 0 Å². The van der Waals surface area contributed by atoms with E-state index in [2.05, 4.69) is 6.92 Å². The molecule has 0 saturated heterocycles. The van der Waals surface area contributed by atoms with E-state index in [1.54, 1.807) is 0 Å². The minimum absolute atomic E-state index is 0. The Kier molecular flexibility index (Phi) is 31.8. The van der Waals surface area contributed by atoms with Gasteiger partial charge in [-0.3, -0.25) is 13.8 Å². The smallest absolute Gasteiger partial charge is 0.344 e. The molecule has 0 aliphatic heterocycles. The Labute approximate surface area is 141 Å². The Hall–Kier alpha value is 0.760. The fraction of sp³-hybridized carbons (Fsp3) is 1.00. The summed E-state index contributed by atoms with van der Waals surface area (Å²) in [6.07, 6.45) is 14.7. The van der Waals surface area contributed by atoms with Gasteiger partial charge in [0.25, 0.3) is 0 Å². The van der Waals surface area contributed by atoms with Crippen LogP contribution < -0.4 is 6.15 Å². The van der Waals surface area contributed by atoms with E-state index in [-0.39, 0.29) is 10.9 Å². The molecule has 0 bridgehead atoms. The molecule has 0 aromatic rings. The van der Waals surface area contributed by atoms with Crippen LogP contribution in [0.4, 0.5) is 4.70 Å². The predicted molar refractivity (Wildman–Crippen MR) is 84.1 cm³/mol. The second-order valence-corrected chi connectivity index (χ2v) is 6.53. The van der Waals surface area contributed by atoms with E-state index in [0.29, 0.717) is 0 Å². The first-order chi connectivity index (χ1) is 8.41. The Bertz CT molecular complexity index is 236. The van der Waals surface area contributed by atoms with Crippen LogP contribution in [-0.2, 0) is 10.4 Å². The number of hydrogen-bond donors (Lipinski definition) is 3. The summed E-state index contributed by atoms with van der Waals surface area (Å²) in [5, 5.41) is 0. The molecule has 0 amide bonds. The summed E-state index contributed by atoms with van der Waals surface area (Å²) in [7, 11) is -4.67. The van der Waals surface area contributed by atoms with E-state index in [4.69, 9.17) is 17.5 Å². The van der Waals surface area contributed by atoms with Crippen molar-refractivity contribution in [2.75, 3.05) is 0 Å². The summed E-state index contributed by atoms with van der Waals surface area (Å²) in [6.45, 7) is 2.29. The predicted octanol–water partition coefficient (Wildman–Crippen LogP) is 4.16. The molecule has 0 spiro atoms. The maximum absolute atomic E-state index is 8.74. The number of hydrogen-bond acceptors (Lipinski definition) is 3. The molecule has 0 aliphatic carbocycles. The second kappa shape index (κ2) is 22.0. The van der Waals surface area contributed by atoms with Crippen LogP contribution in [0.25, 0.3) is 0 Å². The fourth-order valence-electron chi connectivity index (χ4n) is 1.74. The molecule has 0 aromatic heterocycles.